The van der Waals surface area contributed by atoms with Gasteiger partial charge in [-0.1, -0.05) is 18.7 Å². The lowest BCUT2D eigenvalue weighted by molar-refractivity contribution is -0.125. The molecule has 0 aliphatic carbocycles. The van der Waals surface area contributed by atoms with Crippen LogP contribution in [0.1, 0.15) is 17.6 Å². The minimum atomic E-state index is 0.0976. The van der Waals surface area contributed by atoms with E-state index >= 15 is 0 Å². The lowest BCUT2D eigenvalue weighted by Crippen LogP contribution is -2.23. The largest absolute Gasteiger partial charge is 0.348 e. The van der Waals surface area contributed by atoms with Crippen LogP contribution in [0.15, 0.2) is 11.1 Å². The Hall–Kier alpha value is -1.14. The van der Waals surface area contributed by atoms with E-state index in [2.05, 4.69) is 23.0 Å². The van der Waals surface area contributed by atoms with Crippen LogP contribution in [0.3, 0.4) is 0 Å². The fraction of sp³-hybridized carbons (Fsp3) is 0.462. The molecule has 2 aromatic heterocycles. The summed E-state index contributed by atoms with van der Waals surface area (Å²) in [6.07, 6.45) is 1.00. The van der Waals surface area contributed by atoms with E-state index < -0.39 is 0 Å². The smallest absolute Gasteiger partial charge is 0.232 e. The maximum Gasteiger partial charge on any atom is 0.232 e. The monoisotopic (exact) mass is 295 g/mol. The molecule has 2 heterocycles. The Morgan fingerprint density at radius 2 is 2.16 bits per heavy atom. The predicted molar refractivity (Wildman–Crippen MR) is 80.9 cm³/mol. The topological polar surface area (TPSA) is 46.1 Å². The molecule has 102 valence electrons. The number of carbonyl (C=O) groups is 1. The van der Waals surface area contributed by atoms with Gasteiger partial charge in [0.15, 0.2) is 0 Å². The van der Waals surface area contributed by atoms with E-state index in [1.54, 1.807) is 30.3 Å². The maximum absolute atomic E-state index is 11.7. The van der Waals surface area contributed by atoms with Crippen LogP contribution in [-0.2, 0) is 11.2 Å². The molecule has 0 aliphatic rings. The number of carbonyl (C=O) groups excluding carboxylic acids is 1. The SMILES string of the molecule is CCc1cc2c(SCC(=O)N(C)C)nc(C)nc2s1. The molecule has 6 heteroatoms. The van der Waals surface area contributed by atoms with Crippen molar-refractivity contribution >= 4 is 39.2 Å². The summed E-state index contributed by atoms with van der Waals surface area (Å²) in [7, 11) is 3.53. The molecule has 0 unspecified atom stereocenters. The van der Waals surface area contributed by atoms with Gasteiger partial charge in [-0.15, -0.1) is 11.3 Å². The molecule has 0 aromatic carbocycles. The van der Waals surface area contributed by atoms with Gasteiger partial charge in [0.2, 0.25) is 5.91 Å². The van der Waals surface area contributed by atoms with Crippen molar-refractivity contribution in [3.63, 3.8) is 0 Å². The molecule has 0 saturated heterocycles. The van der Waals surface area contributed by atoms with E-state index in [0.29, 0.717) is 5.75 Å². The van der Waals surface area contributed by atoms with Crippen LogP contribution in [0.25, 0.3) is 10.2 Å². The molecular formula is C13H17N3OS2. The van der Waals surface area contributed by atoms with E-state index in [9.17, 15) is 4.79 Å². The first-order chi connectivity index (χ1) is 9.01. The molecule has 0 atom stereocenters. The molecule has 0 spiro atoms. The third-order valence-corrected chi connectivity index (χ3v) is 4.85. The van der Waals surface area contributed by atoms with Gasteiger partial charge in [0.05, 0.1) is 5.75 Å². The quantitative estimate of drug-likeness (QED) is 0.643. The number of amides is 1. The van der Waals surface area contributed by atoms with Gasteiger partial charge in [0, 0.05) is 24.4 Å². The van der Waals surface area contributed by atoms with Gasteiger partial charge in [-0.05, 0) is 19.4 Å². The van der Waals surface area contributed by atoms with Crippen LogP contribution in [0, 0.1) is 6.92 Å². The summed E-state index contributed by atoms with van der Waals surface area (Å²) in [4.78, 5) is 24.5. The Morgan fingerprint density at radius 1 is 1.42 bits per heavy atom. The molecule has 0 saturated carbocycles. The zero-order chi connectivity index (χ0) is 14.0. The Morgan fingerprint density at radius 3 is 2.79 bits per heavy atom. The second-order valence-electron chi connectivity index (χ2n) is 4.44. The lowest BCUT2D eigenvalue weighted by Gasteiger charge is -2.09. The van der Waals surface area contributed by atoms with Crippen LogP contribution < -0.4 is 0 Å². The van der Waals surface area contributed by atoms with Gasteiger partial charge in [0.25, 0.3) is 0 Å². The third kappa shape index (κ3) is 3.25. The van der Waals surface area contributed by atoms with Crippen LogP contribution in [0.5, 0.6) is 0 Å². The van der Waals surface area contributed by atoms with Crippen molar-refractivity contribution < 1.29 is 4.79 Å². The highest BCUT2D eigenvalue weighted by molar-refractivity contribution is 8.00. The maximum atomic E-state index is 11.7. The van der Waals surface area contributed by atoms with E-state index in [4.69, 9.17) is 0 Å². The number of fused-ring (bicyclic) bond motifs is 1. The zero-order valence-corrected chi connectivity index (χ0v) is 13.2. The molecule has 2 aromatic rings. The molecule has 4 nitrogen and oxygen atoms in total. The summed E-state index contributed by atoms with van der Waals surface area (Å²) in [5, 5.41) is 1.98. The van der Waals surface area contributed by atoms with Crippen molar-refractivity contribution in [3.05, 3.63) is 16.8 Å². The first kappa shape index (κ1) is 14.3. The van der Waals surface area contributed by atoms with Gasteiger partial charge in [-0.2, -0.15) is 0 Å². The summed E-state index contributed by atoms with van der Waals surface area (Å²) in [5.41, 5.74) is 0. The van der Waals surface area contributed by atoms with Gasteiger partial charge >= 0.3 is 0 Å². The number of hydrogen-bond donors (Lipinski definition) is 0. The summed E-state index contributed by atoms with van der Waals surface area (Å²) in [5.74, 6) is 1.27. The van der Waals surface area contributed by atoms with Gasteiger partial charge < -0.3 is 4.90 Å². The van der Waals surface area contributed by atoms with Crippen molar-refractivity contribution in [1.82, 2.24) is 14.9 Å². The van der Waals surface area contributed by atoms with E-state index in [0.717, 1.165) is 27.5 Å². The molecule has 0 aliphatic heterocycles. The number of nitrogens with zero attached hydrogens (tertiary/aromatic N) is 3. The number of thioether (sulfide) groups is 1. The molecular weight excluding hydrogens is 278 g/mol. The average Bonchev–Trinajstić information content (AvgIpc) is 2.78. The van der Waals surface area contributed by atoms with Crippen LogP contribution >= 0.6 is 23.1 Å². The standard InChI is InChI=1S/C13H17N3OS2/c1-5-9-6-10-12(18-7-11(17)16(3)4)14-8(2)15-13(10)19-9/h6H,5,7H2,1-4H3. The Bertz CT molecular complexity index is 607. The highest BCUT2D eigenvalue weighted by Crippen LogP contribution is 2.31. The summed E-state index contributed by atoms with van der Waals surface area (Å²) in [6.45, 7) is 4.02. The minimum Gasteiger partial charge on any atom is -0.348 e. The number of rotatable bonds is 4. The molecule has 0 N–H and O–H groups in total. The number of hydrogen-bond acceptors (Lipinski definition) is 5. The fourth-order valence-electron chi connectivity index (χ4n) is 1.59. The first-order valence-corrected chi connectivity index (χ1v) is 7.91. The molecule has 2 rings (SSSR count). The Kier molecular flexibility index (Phi) is 4.42. The molecule has 0 bridgehead atoms. The normalized spacial score (nSPS) is 10.9. The van der Waals surface area contributed by atoms with Gasteiger partial charge in [-0.3, -0.25) is 4.79 Å². The number of aryl methyl sites for hydroxylation is 2. The summed E-state index contributed by atoms with van der Waals surface area (Å²) < 4.78 is 0. The Balaban J connectivity index is 2.31. The van der Waals surface area contributed by atoms with Crippen LogP contribution in [-0.4, -0.2) is 40.6 Å². The molecule has 19 heavy (non-hydrogen) atoms. The van der Waals surface area contributed by atoms with Crippen molar-refractivity contribution in [1.29, 1.82) is 0 Å². The highest BCUT2D eigenvalue weighted by Gasteiger charge is 2.12. The second kappa shape index (κ2) is 5.88. The van der Waals surface area contributed by atoms with Gasteiger partial charge in [0.1, 0.15) is 15.7 Å². The number of aromatic nitrogens is 2. The van der Waals surface area contributed by atoms with Crippen molar-refractivity contribution in [2.75, 3.05) is 19.8 Å². The lowest BCUT2D eigenvalue weighted by atomic mass is 10.3. The predicted octanol–water partition coefficient (Wildman–Crippen LogP) is 2.74. The van der Waals surface area contributed by atoms with Crippen LogP contribution in [0.2, 0.25) is 0 Å². The zero-order valence-electron chi connectivity index (χ0n) is 11.6. The highest BCUT2D eigenvalue weighted by atomic mass is 32.2. The molecule has 0 fully saturated rings. The number of thiophene rings is 1. The van der Waals surface area contributed by atoms with Crippen molar-refractivity contribution in [3.8, 4) is 0 Å². The summed E-state index contributed by atoms with van der Waals surface area (Å²) in [6, 6.07) is 2.14. The molecule has 0 radical (unpaired) electrons. The third-order valence-electron chi connectivity index (χ3n) is 2.70. The average molecular weight is 295 g/mol. The van der Waals surface area contributed by atoms with Crippen molar-refractivity contribution in [2.45, 2.75) is 25.3 Å². The Labute approximate surface area is 121 Å². The molecule has 1 amide bonds. The van der Waals surface area contributed by atoms with E-state index in [1.165, 1.54) is 16.6 Å². The second-order valence-corrected chi connectivity index (χ2v) is 6.52. The minimum absolute atomic E-state index is 0.0976. The first-order valence-electron chi connectivity index (χ1n) is 6.11. The van der Waals surface area contributed by atoms with E-state index in [-0.39, 0.29) is 5.91 Å². The fourth-order valence-corrected chi connectivity index (χ4v) is 3.69. The van der Waals surface area contributed by atoms with Crippen LogP contribution in [0.4, 0.5) is 0 Å². The van der Waals surface area contributed by atoms with E-state index in [1.807, 2.05) is 6.92 Å². The van der Waals surface area contributed by atoms with Gasteiger partial charge in [-0.25, -0.2) is 9.97 Å². The summed E-state index contributed by atoms with van der Waals surface area (Å²) >= 11 is 3.20. The van der Waals surface area contributed by atoms with Crippen molar-refractivity contribution in [2.24, 2.45) is 0 Å².